The van der Waals surface area contributed by atoms with Gasteiger partial charge in [0.2, 0.25) is 0 Å². The van der Waals surface area contributed by atoms with Crippen molar-refractivity contribution in [2.75, 3.05) is 20.1 Å². The quantitative estimate of drug-likeness (QED) is 0.207. The molecule has 0 atom stereocenters. The molecule has 0 radical (unpaired) electrons. The van der Waals surface area contributed by atoms with Crippen LogP contribution in [0.3, 0.4) is 0 Å². The fraction of sp³-hybridized carbons (Fsp3) is 1.00. The Morgan fingerprint density at radius 3 is 1.15 bits per heavy atom. The van der Waals surface area contributed by atoms with E-state index >= 15 is 0 Å². The number of rotatable bonds is 18. The van der Waals surface area contributed by atoms with Gasteiger partial charge in [0, 0.05) is 6.42 Å². The number of quaternary nitrogens is 1. The van der Waals surface area contributed by atoms with Crippen molar-refractivity contribution < 1.29 is 21.5 Å². The smallest absolute Gasteiger partial charge is 0.0933 e. The molecule has 0 aliphatic rings. The lowest BCUT2D eigenvalue weighted by Crippen LogP contribution is -3.00. The molecule has 0 aromatic heterocycles. The minimum Gasteiger partial charge on any atom is -1.00 e. The average Bonchev–Trinajstić information content (AvgIpc) is 2.61. The highest BCUT2D eigenvalue weighted by Crippen LogP contribution is 2.28. The Morgan fingerprint density at radius 1 is 0.538 bits per heavy atom. The van der Waals surface area contributed by atoms with Crippen molar-refractivity contribution in [1.82, 2.24) is 0 Å². The summed E-state index contributed by atoms with van der Waals surface area (Å²) in [7, 11) is 2.43. The molecule has 0 bridgehead atoms. The first kappa shape index (κ1) is 28.6. The van der Waals surface area contributed by atoms with Gasteiger partial charge in [-0.2, -0.15) is 0 Å². The van der Waals surface area contributed by atoms with Gasteiger partial charge in [-0.25, -0.2) is 0 Å². The van der Waals surface area contributed by atoms with E-state index in [0.717, 1.165) is 0 Å². The van der Waals surface area contributed by atoms with E-state index in [1.807, 2.05) is 0 Å². The van der Waals surface area contributed by atoms with E-state index in [4.69, 9.17) is 0 Å². The summed E-state index contributed by atoms with van der Waals surface area (Å²) in [6.45, 7) is 14.4. The van der Waals surface area contributed by atoms with Gasteiger partial charge in [0.25, 0.3) is 0 Å². The standard InChI is InChI=1S/C24H52N.BrH/c1-7-10-11-12-13-14-15-16-17-18-19-20-21-22-23-24(4,5)25(6,8-2)9-3;/h7-23H2,1-6H3;1H/q+1;/p-1. The zero-order valence-corrected chi connectivity index (χ0v) is 20.9. The largest absolute Gasteiger partial charge is 1.00 e. The predicted octanol–water partition coefficient (Wildman–Crippen LogP) is 5.13. The minimum absolute atomic E-state index is 0. The van der Waals surface area contributed by atoms with Crippen LogP contribution in [-0.4, -0.2) is 30.2 Å². The molecule has 0 spiro atoms. The van der Waals surface area contributed by atoms with Crippen LogP contribution >= 0.6 is 0 Å². The van der Waals surface area contributed by atoms with E-state index in [1.54, 1.807) is 0 Å². The lowest BCUT2D eigenvalue weighted by Gasteiger charge is -2.47. The van der Waals surface area contributed by atoms with Gasteiger partial charge in [0.05, 0.1) is 25.7 Å². The number of nitrogens with zero attached hydrogens (tertiary/aromatic N) is 1. The van der Waals surface area contributed by atoms with Crippen molar-refractivity contribution in [2.24, 2.45) is 0 Å². The Hall–Kier alpha value is 0.440. The van der Waals surface area contributed by atoms with Gasteiger partial charge in [0.15, 0.2) is 0 Å². The maximum absolute atomic E-state index is 2.47. The van der Waals surface area contributed by atoms with Gasteiger partial charge in [-0.3, -0.25) is 0 Å². The van der Waals surface area contributed by atoms with Crippen LogP contribution in [0.5, 0.6) is 0 Å². The van der Waals surface area contributed by atoms with Gasteiger partial charge in [0.1, 0.15) is 0 Å². The summed E-state index contributed by atoms with van der Waals surface area (Å²) in [6.07, 6.45) is 21.7. The van der Waals surface area contributed by atoms with E-state index in [1.165, 1.54) is 114 Å². The fourth-order valence-electron chi connectivity index (χ4n) is 4.10. The van der Waals surface area contributed by atoms with Crippen LogP contribution < -0.4 is 17.0 Å². The van der Waals surface area contributed by atoms with Crippen molar-refractivity contribution in [2.45, 2.75) is 136 Å². The van der Waals surface area contributed by atoms with Crippen LogP contribution in [0.15, 0.2) is 0 Å². The first-order valence-corrected chi connectivity index (χ1v) is 11.8. The summed E-state index contributed by atoms with van der Waals surface area (Å²) in [4.78, 5) is 0. The first-order valence-electron chi connectivity index (χ1n) is 11.8. The fourth-order valence-corrected chi connectivity index (χ4v) is 4.10. The van der Waals surface area contributed by atoms with E-state index in [2.05, 4.69) is 41.7 Å². The Balaban J connectivity index is 0. The minimum atomic E-state index is 0. The molecule has 0 aliphatic carbocycles. The molecule has 0 fully saturated rings. The van der Waals surface area contributed by atoms with Crippen molar-refractivity contribution in [3.05, 3.63) is 0 Å². The summed E-state index contributed by atoms with van der Waals surface area (Å²) in [5.41, 5.74) is 0.431. The molecule has 0 N–H and O–H groups in total. The maximum Gasteiger partial charge on any atom is 0.0933 e. The topological polar surface area (TPSA) is 0 Å². The highest BCUT2D eigenvalue weighted by Gasteiger charge is 2.36. The van der Waals surface area contributed by atoms with E-state index in [9.17, 15) is 0 Å². The zero-order valence-electron chi connectivity index (χ0n) is 19.3. The first-order chi connectivity index (χ1) is 11.9. The second kappa shape index (κ2) is 17.5. The molecule has 0 aromatic rings. The Kier molecular flexibility index (Phi) is 19.3. The Labute approximate surface area is 178 Å². The summed E-state index contributed by atoms with van der Waals surface area (Å²) < 4.78 is 1.21. The monoisotopic (exact) mass is 433 g/mol. The summed E-state index contributed by atoms with van der Waals surface area (Å²) in [6, 6.07) is 0. The van der Waals surface area contributed by atoms with Crippen LogP contribution in [0.2, 0.25) is 0 Å². The van der Waals surface area contributed by atoms with Crippen molar-refractivity contribution in [1.29, 1.82) is 0 Å². The normalized spacial score (nSPS) is 12.2. The number of hydrogen-bond acceptors (Lipinski definition) is 0. The Bertz CT molecular complexity index is 284. The number of halogens is 1. The molecule has 160 valence electrons. The van der Waals surface area contributed by atoms with E-state index in [-0.39, 0.29) is 17.0 Å². The van der Waals surface area contributed by atoms with Gasteiger partial charge in [-0.1, -0.05) is 90.4 Å². The second-order valence-electron chi connectivity index (χ2n) is 9.19. The molecular formula is C24H52BrN. The molecule has 0 heterocycles. The Morgan fingerprint density at radius 2 is 0.846 bits per heavy atom. The molecule has 0 rings (SSSR count). The summed E-state index contributed by atoms with van der Waals surface area (Å²) in [5, 5.41) is 0. The van der Waals surface area contributed by atoms with Crippen molar-refractivity contribution in [3.63, 3.8) is 0 Å². The summed E-state index contributed by atoms with van der Waals surface area (Å²) in [5.74, 6) is 0. The second-order valence-corrected chi connectivity index (χ2v) is 9.19. The van der Waals surface area contributed by atoms with Gasteiger partial charge in [-0.05, 0) is 34.1 Å². The lowest BCUT2D eigenvalue weighted by atomic mass is 9.91. The third-order valence-corrected chi connectivity index (χ3v) is 7.00. The molecule has 2 heteroatoms. The van der Waals surface area contributed by atoms with Gasteiger partial charge in [-0.15, -0.1) is 0 Å². The number of hydrogen-bond donors (Lipinski definition) is 0. The van der Waals surface area contributed by atoms with Crippen LogP contribution in [-0.2, 0) is 0 Å². The van der Waals surface area contributed by atoms with E-state index in [0.29, 0.717) is 5.54 Å². The molecule has 0 unspecified atom stereocenters. The molecule has 0 saturated carbocycles. The molecule has 0 amide bonds. The maximum atomic E-state index is 2.47. The lowest BCUT2D eigenvalue weighted by molar-refractivity contribution is -0.952. The van der Waals surface area contributed by atoms with Crippen LogP contribution in [0.1, 0.15) is 131 Å². The van der Waals surface area contributed by atoms with E-state index < -0.39 is 0 Å². The molecular weight excluding hydrogens is 382 g/mol. The SMILES string of the molecule is CCCCCCCCCCCCCCCCC(C)(C)[N+](C)(CC)CC.[Br-]. The third kappa shape index (κ3) is 12.8. The number of unbranched alkanes of at least 4 members (excludes halogenated alkanes) is 13. The average molecular weight is 435 g/mol. The summed E-state index contributed by atoms with van der Waals surface area (Å²) >= 11 is 0. The highest BCUT2D eigenvalue weighted by molar-refractivity contribution is 4.70. The van der Waals surface area contributed by atoms with Crippen LogP contribution in [0.4, 0.5) is 0 Å². The highest BCUT2D eigenvalue weighted by atomic mass is 79.9. The third-order valence-electron chi connectivity index (χ3n) is 7.00. The van der Waals surface area contributed by atoms with Crippen LogP contribution in [0, 0.1) is 0 Å². The molecule has 0 aromatic carbocycles. The van der Waals surface area contributed by atoms with Crippen LogP contribution in [0.25, 0.3) is 0 Å². The zero-order chi connectivity index (χ0) is 19.0. The van der Waals surface area contributed by atoms with Crippen molar-refractivity contribution in [3.8, 4) is 0 Å². The van der Waals surface area contributed by atoms with Gasteiger partial charge < -0.3 is 21.5 Å². The van der Waals surface area contributed by atoms with Gasteiger partial charge >= 0.3 is 0 Å². The molecule has 1 nitrogen and oxygen atoms in total. The van der Waals surface area contributed by atoms with Crippen molar-refractivity contribution >= 4 is 0 Å². The molecule has 26 heavy (non-hydrogen) atoms. The molecule has 0 saturated heterocycles. The molecule has 0 aliphatic heterocycles. The predicted molar refractivity (Wildman–Crippen MR) is 116 cm³/mol.